The second kappa shape index (κ2) is 8.34. The first-order chi connectivity index (χ1) is 11.6. The third-order valence-corrected chi connectivity index (χ3v) is 3.62. The van der Waals surface area contributed by atoms with Crippen LogP contribution >= 0.6 is 11.6 Å². The molecule has 0 unspecified atom stereocenters. The summed E-state index contributed by atoms with van der Waals surface area (Å²) in [7, 11) is 3.20. The number of ether oxygens (including phenoxy) is 2. The molecule has 0 N–H and O–H groups in total. The van der Waals surface area contributed by atoms with Crippen LogP contribution in [0.15, 0.2) is 42.5 Å². The van der Waals surface area contributed by atoms with E-state index in [2.05, 4.69) is 6.07 Å². The van der Waals surface area contributed by atoms with Crippen LogP contribution in [0.1, 0.15) is 15.9 Å². The van der Waals surface area contributed by atoms with Crippen molar-refractivity contribution in [3.63, 3.8) is 0 Å². The van der Waals surface area contributed by atoms with E-state index in [0.29, 0.717) is 40.8 Å². The first kappa shape index (κ1) is 17.8. The minimum absolute atomic E-state index is 0.258. The van der Waals surface area contributed by atoms with E-state index in [9.17, 15) is 10.1 Å². The Morgan fingerprint density at radius 3 is 2.75 bits per heavy atom. The fourth-order valence-corrected chi connectivity index (χ4v) is 2.31. The van der Waals surface area contributed by atoms with E-state index in [-0.39, 0.29) is 5.91 Å². The van der Waals surface area contributed by atoms with Gasteiger partial charge in [0.15, 0.2) is 0 Å². The summed E-state index contributed by atoms with van der Waals surface area (Å²) in [6.45, 7) is 0.864. The maximum Gasteiger partial charge on any atom is 0.258 e. The van der Waals surface area contributed by atoms with Gasteiger partial charge in [-0.2, -0.15) is 5.26 Å². The van der Waals surface area contributed by atoms with Crippen molar-refractivity contribution in [3.8, 4) is 11.8 Å². The molecule has 0 fully saturated rings. The van der Waals surface area contributed by atoms with Gasteiger partial charge >= 0.3 is 0 Å². The topological polar surface area (TPSA) is 62.6 Å². The maximum absolute atomic E-state index is 12.7. The molecule has 0 aromatic heterocycles. The summed E-state index contributed by atoms with van der Waals surface area (Å²) in [4.78, 5) is 14.1. The van der Waals surface area contributed by atoms with Crippen LogP contribution in [0, 0.1) is 11.3 Å². The van der Waals surface area contributed by atoms with E-state index < -0.39 is 0 Å². The Kier molecular flexibility index (Phi) is 6.19. The lowest BCUT2D eigenvalue weighted by Gasteiger charge is -2.19. The molecular weight excluding hydrogens is 328 g/mol. The zero-order chi connectivity index (χ0) is 17.5. The van der Waals surface area contributed by atoms with Gasteiger partial charge in [-0.25, -0.2) is 0 Å². The molecule has 0 aliphatic rings. The van der Waals surface area contributed by atoms with E-state index in [4.69, 9.17) is 21.1 Å². The third-order valence-electron chi connectivity index (χ3n) is 3.38. The Labute approximate surface area is 146 Å². The first-order valence-corrected chi connectivity index (χ1v) is 7.64. The van der Waals surface area contributed by atoms with E-state index in [1.54, 1.807) is 56.6 Å². The summed E-state index contributed by atoms with van der Waals surface area (Å²) in [6, 6.07) is 13.7. The number of anilines is 1. The molecule has 2 rings (SSSR count). The Hall–Kier alpha value is -2.55. The Bertz CT molecular complexity index is 771. The number of rotatable bonds is 6. The quantitative estimate of drug-likeness (QED) is 0.752. The Morgan fingerprint density at radius 1 is 1.25 bits per heavy atom. The molecule has 0 atom stereocenters. The summed E-state index contributed by atoms with van der Waals surface area (Å²) in [5.74, 6) is 0.323. The van der Waals surface area contributed by atoms with E-state index in [0.717, 1.165) is 0 Å². The highest BCUT2D eigenvalue weighted by Crippen LogP contribution is 2.25. The van der Waals surface area contributed by atoms with Crippen molar-refractivity contribution in [1.29, 1.82) is 5.26 Å². The third kappa shape index (κ3) is 4.25. The maximum atomic E-state index is 12.7. The van der Waals surface area contributed by atoms with Crippen molar-refractivity contribution in [2.45, 2.75) is 0 Å². The van der Waals surface area contributed by atoms with Crippen LogP contribution in [0.25, 0.3) is 0 Å². The van der Waals surface area contributed by atoms with E-state index >= 15 is 0 Å². The van der Waals surface area contributed by atoms with E-state index in [1.165, 1.54) is 4.90 Å². The molecule has 2 aromatic rings. The number of hydrogen-bond acceptors (Lipinski definition) is 4. The zero-order valence-electron chi connectivity index (χ0n) is 13.5. The van der Waals surface area contributed by atoms with Crippen LogP contribution in [0.5, 0.6) is 5.75 Å². The summed E-state index contributed by atoms with van der Waals surface area (Å²) in [6.07, 6.45) is 0. The van der Waals surface area contributed by atoms with Crippen molar-refractivity contribution < 1.29 is 14.3 Å². The second-order valence-electron chi connectivity index (χ2n) is 5.01. The molecular formula is C18H17ClN2O3. The van der Waals surface area contributed by atoms with Crippen molar-refractivity contribution in [3.05, 3.63) is 58.6 Å². The number of benzene rings is 2. The van der Waals surface area contributed by atoms with Crippen LogP contribution in [0.2, 0.25) is 5.02 Å². The summed E-state index contributed by atoms with van der Waals surface area (Å²) < 4.78 is 10.4. The summed E-state index contributed by atoms with van der Waals surface area (Å²) >= 11 is 5.99. The smallest absolute Gasteiger partial charge is 0.258 e. The fourth-order valence-electron chi connectivity index (χ4n) is 2.14. The molecule has 0 heterocycles. The van der Waals surface area contributed by atoms with Gasteiger partial charge < -0.3 is 14.4 Å². The Balaban J connectivity index is 2.24. The van der Waals surface area contributed by atoms with Gasteiger partial charge in [0.1, 0.15) is 18.4 Å². The predicted octanol–water partition coefficient (Wildman–Crippen LogP) is 3.51. The number of nitrogens with zero attached hydrogens (tertiary/aromatic N) is 2. The molecule has 0 saturated heterocycles. The van der Waals surface area contributed by atoms with Crippen LogP contribution in [0.4, 0.5) is 5.69 Å². The number of halogens is 1. The lowest BCUT2D eigenvalue weighted by Crippen LogP contribution is -2.27. The fraction of sp³-hybridized carbons (Fsp3) is 0.222. The van der Waals surface area contributed by atoms with Gasteiger partial charge in [0, 0.05) is 24.7 Å². The van der Waals surface area contributed by atoms with Gasteiger partial charge in [0.25, 0.3) is 5.91 Å². The molecule has 2 aromatic carbocycles. The first-order valence-electron chi connectivity index (χ1n) is 7.26. The minimum Gasteiger partial charge on any atom is -0.491 e. The highest BCUT2D eigenvalue weighted by Gasteiger charge is 2.17. The van der Waals surface area contributed by atoms with E-state index in [1.807, 2.05) is 0 Å². The van der Waals surface area contributed by atoms with Crippen molar-refractivity contribution >= 4 is 23.2 Å². The highest BCUT2D eigenvalue weighted by atomic mass is 35.5. The predicted molar refractivity (Wildman–Crippen MR) is 92.7 cm³/mol. The van der Waals surface area contributed by atoms with Crippen molar-refractivity contribution in [1.82, 2.24) is 0 Å². The highest BCUT2D eigenvalue weighted by molar-refractivity contribution is 6.31. The molecule has 0 aliphatic carbocycles. The van der Waals surface area contributed by atoms with Gasteiger partial charge in [-0.3, -0.25) is 4.79 Å². The van der Waals surface area contributed by atoms with Gasteiger partial charge in [-0.1, -0.05) is 17.7 Å². The number of amides is 1. The van der Waals surface area contributed by atoms with Crippen LogP contribution in [-0.4, -0.2) is 33.3 Å². The molecule has 1 amide bonds. The average molecular weight is 345 g/mol. The van der Waals surface area contributed by atoms with Gasteiger partial charge in [-0.05, 0) is 36.4 Å². The summed E-state index contributed by atoms with van der Waals surface area (Å²) in [5.41, 5.74) is 1.29. The SMILES string of the molecule is COCCOc1cccc(C(=O)N(C)c2cc(Cl)ccc2C#N)c1. The largest absolute Gasteiger partial charge is 0.491 e. The van der Waals surface area contributed by atoms with Gasteiger partial charge in [0.2, 0.25) is 0 Å². The normalized spacial score (nSPS) is 10.1. The lowest BCUT2D eigenvalue weighted by molar-refractivity contribution is 0.0992. The van der Waals surface area contributed by atoms with Gasteiger partial charge in [0.05, 0.1) is 17.9 Å². The molecule has 6 heteroatoms. The number of methoxy groups -OCH3 is 1. The molecule has 0 saturated carbocycles. The van der Waals surface area contributed by atoms with Crippen LogP contribution < -0.4 is 9.64 Å². The van der Waals surface area contributed by atoms with Crippen LogP contribution in [0.3, 0.4) is 0 Å². The Morgan fingerprint density at radius 2 is 2.04 bits per heavy atom. The molecule has 0 spiro atoms. The van der Waals surface area contributed by atoms with Crippen LogP contribution in [-0.2, 0) is 4.74 Å². The average Bonchev–Trinajstić information content (AvgIpc) is 2.61. The molecule has 0 bridgehead atoms. The lowest BCUT2D eigenvalue weighted by atomic mass is 10.1. The number of hydrogen-bond donors (Lipinski definition) is 0. The zero-order valence-corrected chi connectivity index (χ0v) is 14.2. The van der Waals surface area contributed by atoms with Crippen molar-refractivity contribution in [2.24, 2.45) is 0 Å². The second-order valence-corrected chi connectivity index (χ2v) is 5.44. The molecule has 0 aliphatic heterocycles. The standard InChI is InChI=1S/C18H17ClN2O3/c1-21(17-11-15(19)7-6-14(17)12-20)18(22)13-4-3-5-16(10-13)24-9-8-23-2/h3-7,10-11H,8-9H2,1-2H3. The number of carbonyl (C=O) groups is 1. The monoisotopic (exact) mass is 344 g/mol. The summed E-state index contributed by atoms with van der Waals surface area (Å²) in [5, 5.41) is 9.67. The number of carbonyl (C=O) groups excluding carboxylic acids is 1. The molecule has 5 nitrogen and oxygen atoms in total. The van der Waals surface area contributed by atoms with Crippen molar-refractivity contribution in [2.75, 3.05) is 32.3 Å². The van der Waals surface area contributed by atoms with Gasteiger partial charge in [-0.15, -0.1) is 0 Å². The number of nitriles is 1. The molecule has 0 radical (unpaired) electrons. The molecule has 24 heavy (non-hydrogen) atoms. The minimum atomic E-state index is -0.258. The molecule has 124 valence electrons.